The van der Waals surface area contributed by atoms with Crippen LogP contribution in [0.3, 0.4) is 0 Å². The van der Waals surface area contributed by atoms with E-state index in [-0.39, 0.29) is 6.04 Å². The standard InChI is InChI=1S/C14H17Cl2N3O/c15-10-5-11(16)7-12(6-10)19(14(17)20)13-8-18-3-1-9(13)2-4-18/h5-7,9,13H,1-4,8H2,(H2,17,20)/t13-/m0/s1. The van der Waals surface area contributed by atoms with Gasteiger partial charge in [-0.05, 0) is 50.0 Å². The molecular weight excluding hydrogens is 297 g/mol. The fourth-order valence-electron chi connectivity index (χ4n) is 3.39. The molecule has 3 fully saturated rings. The Morgan fingerprint density at radius 2 is 1.80 bits per heavy atom. The molecule has 0 spiro atoms. The molecule has 4 nitrogen and oxygen atoms in total. The van der Waals surface area contributed by atoms with Crippen LogP contribution in [0, 0.1) is 5.92 Å². The first-order valence-electron chi connectivity index (χ1n) is 6.81. The molecule has 3 aliphatic heterocycles. The molecule has 20 heavy (non-hydrogen) atoms. The van der Waals surface area contributed by atoms with Gasteiger partial charge in [-0.2, -0.15) is 0 Å². The molecule has 0 unspecified atom stereocenters. The average Bonchev–Trinajstić information content (AvgIpc) is 2.38. The highest BCUT2D eigenvalue weighted by atomic mass is 35.5. The van der Waals surface area contributed by atoms with E-state index in [1.165, 1.54) is 0 Å². The second-order valence-electron chi connectivity index (χ2n) is 5.54. The van der Waals surface area contributed by atoms with Crippen molar-refractivity contribution in [2.75, 3.05) is 24.5 Å². The van der Waals surface area contributed by atoms with Crippen LogP contribution in [0.25, 0.3) is 0 Å². The summed E-state index contributed by atoms with van der Waals surface area (Å²) in [5.74, 6) is 0.505. The maximum absolute atomic E-state index is 11.9. The number of primary amides is 1. The summed E-state index contributed by atoms with van der Waals surface area (Å²) < 4.78 is 0. The minimum Gasteiger partial charge on any atom is -0.351 e. The van der Waals surface area contributed by atoms with Crippen LogP contribution in [0.5, 0.6) is 0 Å². The zero-order chi connectivity index (χ0) is 14.3. The van der Waals surface area contributed by atoms with E-state index in [0.717, 1.165) is 32.5 Å². The third kappa shape index (κ3) is 2.60. The third-order valence-corrected chi connectivity index (χ3v) is 4.75. The quantitative estimate of drug-likeness (QED) is 0.912. The molecule has 2 bridgehead atoms. The minimum atomic E-state index is -0.443. The van der Waals surface area contributed by atoms with Crippen LogP contribution < -0.4 is 10.6 Å². The molecule has 0 aromatic heterocycles. The molecular formula is C14H17Cl2N3O. The molecule has 0 radical (unpaired) electrons. The number of carbonyl (C=O) groups is 1. The molecule has 6 heteroatoms. The maximum atomic E-state index is 11.9. The second-order valence-corrected chi connectivity index (χ2v) is 6.41. The molecule has 0 aliphatic carbocycles. The van der Waals surface area contributed by atoms with Gasteiger partial charge in [-0.15, -0.1) is 0 Å². The molecule has 1 aromatic carbocycles. The molecule has 108 valence electrons. The Kier molecular flexibility index (Phi) is 3.80. The van der Waals surface area contributed by atoms with E-state index in [0.29, 0.717) is 21.7 Å². The van der Waals surface area contributed by atoms with Crippen molar-refractivity contribution in [3.8, 4) is 0 Å². The lowest BCUT2D eigenvalue weighted by Crippen LogP contribution is -2.60. The Morgan fingerprint density at radius 1 is 1.20 bits per heavy atom. The molecule has 3 heterocycles. The van der Waals surface area contributed by atoms with Gasteiger partial charge in [0.25, 0.3) is 0 Å². The summed E-state index contributed by atoms with van der Waals surface area (Å²) in [6.45, 7) is 3.10. The van der Waals surface area contributed by atoms with Crippen molar-refractivity contribution in [1.29, 1.82) is 0 Å². The number of nitrogens with two attached hydrogens (primary N) is 1. The van der Waals surface area contributed by atoms with Gasteiger partial charge >= 0.3 is 6.03 Å². The van der Waals surface area contributed by atoms with Crippen LogP contribution in [0.15, 0.2) is 18.2 Å². The van der Waals surface area contributed by atoms with Gasteiger partial charge < -0.3 is 10.6 Å². The highest BCUT2D eigenvalue weighted by Crippen LogP contribution is 2.35. The molecule has 1 aromatic rings. The van der Waals surface area contributed by atoms with Crippen LogP contribution in [-0.4, -0.2) is 36.6 Å². The van der Waals surface area contributed by atoms with Gasteiger partial charge in [0.15, 0.2) is 0 Å². The normalized spacial score (nSPS) is 28.4. The van der Waals surface area contributed by atoms with Gasteiger partial charge in [0.05, 0.1) is 6.04 Å². The highest BCUT2D eigenvalue weighted by Gasteiger charge is 2.39. The smallest absolute Gasteiger partial charge is 0.319 e. The lowest BCUT2D eigenvalue weighted by molar-refractivity contribution is 0.0878. The summed E-state index contributed by atoms with van der Waals surface area (Å²) in [5.41, 5.74) is 6.30. The van der Waals surface area contributed by atoms with Crippen molar-refractivity contribution >= 4 is 34.9 Å². The number of benzene rings is 1. The van der Waals surface area contributed by atoms with Crippen molar-refractivity contribution in [3.63, 3.8) is 0 Å². The van der Waals surface area contributed by atoms with E-state index in [9.17, 15) is 4.79 Å². The number of nitrogens with zero attached hydrogens (tertiary/aromatic N) is 2. The fraction of sp³-hybridized carbons (Fsp3) is 0.500. The largest absolute Gasteiger partial charge is 0.351 e. The van der Waals surface area contributed by atoms with E-state index in [4.69, 9.17) is 28.9 Å². The summed E-state index contributed by atoms with van der Waals surface area (Å²) in [4.78, 5) is 16.0. The minimum absolute atomic E-state index is 0.115. The molecule has 1 atom stereocenters. The summed E-state index contributed by atoms with van der Waals surface area (Å²) in [6.07, 6.45) is 2.23. The first-order chi connectivity index (χ1) is 9.54. The van der Waals surface area contributed by atoms with E-state index < -0.39 is 6.03 Å². The lowest BCUT2D eigenvalue weighted by atomic mass is 9.83. The van der Waals surface area contributed by atoms with Crippen molar-refractivity contribution in [2.45, 2.75) is 18.9 Å². The van der Waals surface area contributed by atoms with Crippen molar-refractivity contribution in [1.82, 2.24) is 4.90 Å². The summed E-state index contributed by atoms with van der Waals surface area (Å²) in [5, 5.41) is 1.03. The fourth-order valence-corrected chi connectivity index (χ4v) is 3.90. The zero-order valence-corrected chi connectivity index (χ0v) is 12.6. The van der Waals surface area contributed by atoms with Crippen LogP contribution >= 0.6 is 23.2 Å². The van der Waals surface area contributed by atoms with Gasteiger partial charge in [-0.1, -0.05) is 23.2 Å². The van der Waals surface area contributed by atoms with Crippen molar-refractivity contribution in [3.05, 3.63) is 28.2 Å². The van der Waals surface area contributed by atoms with Gasteiger partial charge in [0.1, 0.15) is 0 Å². The van der Waals surface area contributed by atoms with Gasteiger partial charge in [-0.25, -0.2) is 4.79 Å². The topological polar surface area (TPSA) is 49.6 Å². The Labute approximate surface area is 128 Å². The number of carbonyl (C=O) groups excluding carboxylic acids is 1. The molecule has 3 saturated heterocycles. The van der Waals surface area contributed by atoms with Gasteiger partial charge in [0.2, 0.25) is 0 Å². The number of piperidine rings is 3. The SMILES string of the molecule is NC(=O)N(c1cc(Cl)cc(Cl)c1)[C@H]1CN2CCC1CC2. The molecule has 2 N–H and O–H groups in total. The molecule has 4 rings (SSSR count). The molecule has 0 saturated carbocycles. The van der Waals surface area contributed by atoms with Gasteiger partial charge in [0, 0.05) is 22.3 Å². The first-order valence-corrected chi connectivity index (χ1v) is 7.57. The predicted octanol–water partition coefficient (Wildman–Crippen LogP) is 2.97. The highest BCUT2D eigenvalue weighted by molar-refractivity contribution is 6.35. The van der Waals surface area contributed by atoms with Crippen molar-refractivity contribution in [2.24, 2.45) is 11.7 Å². The second kappa shape index (κ2) is 5.43. The number of hydrogen-bond donors (Lipinski definition) is 1. The number of anilines is 1. The molecule has 3 aliphatic rings. The molecule has 2 amide bonds. The Hall–Kier alpha value is -0.970. The van der Waals surface area contributed by atoms with E-state index in [1.807, 2.05) is 0 Å². The van der Waals surface area contributed by atoms with E-state index in [2.05, 4.69) is 4.90 Å². The van der Waals surface area contributed by atoms with Crippen LogP contribution in [0.2, 0.25) is 10.0 Å². The van der Waals surface area contributed by atoms with Gasteiger partial charge in [-0.3, -0.25) is 4.90 Å². The van der Waals surface area contributed by atoms with E-state index >= 15 is 0 Å². The lowest BCUT2D eigenvalue weighted by Gasteiger charge is -2.48. The average molecular weight is 314 g/mol. The number of amides is 2. The Morgan fingerprint density at radius 3 is 2.25 bits per heavy atom. The maximum Gasteiger partial charge on any atom is 0.319 e. The van der Waals surface area contributed by atoms with Crippen LogP contribution in [-0.2, 0) is 0 Å². The van der Waals surface area contributed by atoms with Crippen LogP contribution in [0.4, 0.5) is 10.5 Å². The third-order valence-electron chi connectivity index (χ3n) is 4.32. The van der Waals surface area contributed by atoms with E-state index in [1.54, 1.807) is 23.1 Å². The zero-order valence-electron chi connectivity index (χ0n) is 11.1. The number of halogens is 2. The number of hydrogen-bond acceptors (Lipinski definition) is 2. The summed E-state index contributed by atoms with van der Waals surface area (Å²) in [6, 6.07) is 4.82. The predicted molar refractivity (Wildman–Crippen MR) is 81.5 cm³/mol. The Balaban J connectivity index is 1.95. The summed E-state index contributed by atoms with van der Waals surface area (Å²) in [7, 11) is 0. The number of fused-ring (bicyclic) bond motifs is 3. The summed E-state index contributed by atoms with van der Waals surface area (Å²) >= 11 is 12.1. The Bertz CT molecular complexity index is 509. The first kappa shape index (κ1) is 14.0. The number of urea groups is 1. The monoisotopic (exact) mass is 313 g/mol. The van der Waals surface area contributed by atoms with Crippen LogP contribution in [0.1, 0.15) is 12.8 Å². The number of rotatable bonds is 2. The van der Waals surface area contributed by atoms with Crippen molar-refractivity contribution < 1.29 is 4.79 Å².